The number of fused-ring (bicyclic) bond motifs is 2. The van der Waals surface area contributed by atoms with Gasteiger partial charge in [0, 0.05) is 60.0 Å². The lowest BCUT2D eigenvalue weighted by atomic mass is 9.99. The van der Waals surface area contributed by atoms with Crippen LogP contribution in [0.4, 0.5) is 5.82 Å². The molecule has 5 heterocycles. The first-order chi connectivity index (χ1) is 16.3. The molecule has 8 heteroatoms. The Bertz CT molecular complexity index is 1420. The first-order valence-corrected chi connectivity index (χ1v) is 11.4. The van der Waals surface area contributed by atoms with Gasteiger partial charge in [0.05, 0.1) is 28.6 Å². The minimum atomic E-state index is -0.960. The highest BCUT2D eigenvalue weighted by molar-refractivity contribution is 5.87. The fourth-order valence-corrected chi connectivity index (χ4v) is 4.98. The van der Waals surface area contributed by atoms with Crippen LogP contribution in [0.5, 0.6) is 0 Å². The van der Waals surface area contributed by atoms with Crippen molar-refractivity contribution in [3.8, 4) is 28.5 Å². The molecule has 170 valence electrons. The predicted molar refractivity (Wildman–Crippen MR) is 129 cm³/mol. The standard InChI is InChI=1S/C26H25N7O/c1-26(2,34)18-4-5-22(29-11-18)16-7-19(25-17(8-27)10-31-33(25)12-16)15-3-6-23(30-9-15)32-13-20-21(14-32)24(20)28/h3-7,9-12,20-21,24,34H,13-14,28H2,1-2H3/t20-,21?,24?/m0/s1. The molecule has 1 aliphatic carbocycles. The molecule has 4 aromatic heterocycles. The molecular formula is C26H25N7O. The molecule has 1 saturated heterocycles. The molecule has 0 amide bonds. The topological polar surface area (TPSA) is 116 Å². The summed E-state index contributed by atoms with van der Waals surface area (Å²) in [5, 5.41) is 24.3. The molecule has 2 fully saturated rings. The van der Waals surface area contributed by atoms with Crippen LogP contribution in [0.2, 0.25) is 0 Å². The SMILES string of the molecule is CC(C)(O)c1ccc(-c2cc(-c3ccc(N4CC5C(N)[C@H]5C4)nc3)c3c(C#N)cnn3c2)nc1. The van der Waals surface area contributed by atoms with E-state index in [0.717, 1.165) is 52.4 Å². The zero-order valence-corrected chi connectivity index (χ0v) is 19.1. The average molecular weight is 452 g/mol. The van der Waals surface area contributed by atoms with E-state index in [0.29, 0.717) is 23.4 Å². The maximum Gasteiger partial charge on any atom is 0.128 e. The molecule has 1 saturated carbocycles. The van der Waals surface area contributed by atoms with Gasteiger partial charge in [0.15, 0.2) is 0 Å². The van der Waals surface area contributed by atoms with Crippen molar-refractivity contribution in [3.63, 3.8) is 0 Å². The second-order valence-electron chi connectivity index (χ2n) is 9.81. The molecule has 0 aromatic carbocycles. The summed E-state index contributed by atoms with van der Waals surface area (Å²) in [6.07, 6.45) is 6.99. The van der Waals surface area contributed by atoms with Gasteiger partial charge < -0.3 is 15.7 Å². The first-order valence-electron chi connectivity index (χ1n) is 11.4. The molecule has 8 nitrogen and oxygen atoms in total. The highest BCUT2D eigenvalue weighted by atomic mass is 16.3. The second-order valence-corrected chi connectivity index (χ2v) is 9.81. The Morgan fingerprint density at radius 1 is 1.06 bits per heavy atom. The fraction of sp³-hybridized carbons (Fsp3) is 0.308. The van der Waals surface area contributed by atoms with E-state index in [1.807, 2.05) is 42.7 Å². The molecule has 0 bridgehead atoms. The monoisotopic (exact) mass is 451 g/mol. The number of hydrogen-bond donors (Lipinski definition) is 2. The Balaban J connectivity index is 1.40. The van der Waals surface area contributed by atoms with Crippen LogP contribution in [-0.4, -0.2) is 43.8 Å². The molecule has 0 radical (unpaired) electrons. The van der Waals surface area contributed by atoms with E-state index in [2.05, 4.69) is 21.1 Å². The highest BCUT2D eigenvalue weighted by Gasteiger charge is 2.53. The summed E-state index contributed by atoms with van der Waals surface area (Å²) in [4.78, 5) is 11.6. The van der Waals surface area contributed by atoms with Crippen LogP contribution in [-0.2, 0) is 5.60 Å². The van der Waals surface area contributed by atoms with E-state index < -0.39 is 5.60 Å². The molecule has 4 aromatic rings. The number of aromatic nitrogens is 4. The number of aliphatic hydroxyl groups is 1. The third-order valence-electron chi connectivity index (χ3n) is 7.14. The van der Waals surface area contributed by atoms with Gasteiger partial charge in [0.1, 0.15) is 11.9 Å². The normalized spacial score (nSPS) is 21.5. The van der Waals surface area contributed by atoms with Crippen LogP contribution in [0.3, 0.4) is 0 Å². The second kappa shape index (κ2) is 7.35. The number of hydrogen-bond acceptors (Lipinski definition) is 7. The van der Waals surface area contributed by atoms with Crippen molar-refractivity contribution in [2.45, 2.75) is 25.5 Å². The van der Waals surface area contributed by atoms with E-state index in [1.165, 1.54) is 0 Å². The van der Waals surface area contributed by atoms with E-state index in [4.69, 9.17) is 10.7 Å². The van der Waals surface area contributed by atoms with Gasteiger partial charge in [-0.25, -0.2) is 9.50 Å². The predicted octanol–water partition coefficient (Wildman–Crippen LogP) is 2.95. The van der Waals surface area contributed by atoms with Crippen molar-refractivity contribution in [1.82, 2.24) is 19.6 Å². The molecule has 6 rings (SSSR count). The van der Waals surface area contributed by atoms with Crippen molar-refractivity contribution in [1.29, 1.82) is 5.26 Å². The summed E-state index contributed by atoms with van der Waals surface area (Å²) in [5.41, 5.74) is 10.5. The van der Waals surface area contributed by atoms with Gasteiger partial charge in [0.25, 0.3) is 0 Å². The van der Waals surface area contributed by atoms with E-state index >= 15 is 0 Å². The van der Waals surface area contributed by atoms with Crippen molar-refractivity contribution < 1.29 is 5.11 Å². The van der Waals surface area contributed by atoms with Gasteiger partial charge >= 0.3 is 0 Å². The van der Waals surface area contributed by atoms with Gasteiger partial charge in [-0.1, -0.05) is 6.07 Å². The minimum absolute atomic E-state index is 0.351. The zero-order valence-electron chi connectivity index (χ0n) is 19.1. The smallest absolute Gasteiger partial charge is 0.128 e. The summed E-state index contributed by atoms with van der Waals surface area (Å²) >= 11 is 0. The van der Waals surface area contributed by atoms with Gasteiger partial charge in [-0.15, -0.1) is 0 Å². The number of nitriles is 1. The Labute approximate surface area is 197 Å². The largest absolute Gasteiger partial charge is 0.386 e. The van der Waals surface area contributed by atoms with Crippen LogP contribution in [0, 0.1) is 23.2 Å². The van der Waals surface area contributed by atoms with Crippen molar-refractivity contribution >= 4 is 11.3 Å². The number of anilines is 1. The van der Waals surface area contributed by atoms with Crippen molar-refractivity contribution in [3.05, 3.63) is 66.2 Å². The third kappa shape index (κ3) is 3.33. The maximum absolute atomic E-state index is 10.2. The Morgan fingerprint density at radius 3 is 2.47 bits per heavy atom. The lowest BCUT2D eigenvalue weighted by molar-refractivity contribution is 0.0782. The summed E-state index contributed by atoms with van der Waals surface area (Å²) in [7, 11) is 0. The van der Waals surface area contributed by atoms with Crippen molar-refractivity contribution in [2.24, 2.45) is 17.6 Å². The van der Waals surface area contributed by atoms with Crippen LogP contribution in [0.1, 0.15) is 25.0 Å². The van der Waals surface area contributed by atoms with Gasteiger partial charge in [-0.05, 0) is 49.9 Å². The molecule has 0 spiro atoms. The van der Waals surface area contributed by atoms with Crippen LogP contribution < -0.4 is 10.6 Å². The fourth-order valence-electron chi connectivity index (χ4n) is 4.98. The molecule has 2 aliphatic rings. The Morgan fingerprint density at radius 2 is 1.85 bits per heavy atom. The van der Waals surface area contributed by atoms with Gasteiger partial charge in [-0.2, -0.15) is 10.4 Å². The summed E-state index contributed by atoms with van der Waals surface area (Å²) in [5.74, 6) is 2.14. The average Bonchev–Trinajstić information content (AvgIpc) is 3.21. The molecule has 34 heavy (non-hydrogen) atoms. The summed E-state index contributed by atoms with van der Waals surface area (Å²) in [6.45, 7) is 5.39. The third-order valence-corrected chi connectivity index (χ3v) is 7.14. The molecule has 3 atom stereocenters. The molecule has 1 aliphatic heterocycles. The van der Waals surface area contributed by atoms with Crippen molar-refractivity contribution in [2.75, 3.05) is 18.0 Å². The lowest BCUT2D eigenvalue weighted by Gasteiger charge is -2.20. The maximum atomic E-state index is 10.2. The first kappa shape index (κ1) is 20.8. The van der Waals surface area contributed by atoms with E-state index in [9.17, 15) is 10.4 Å². The quantitative estimate of drug-likeness (QED) is 0.490. The van der Waals surface area contributed by atoms with Crippen LogP contribution in [0.15, 0.2) is 55.1 Å². The molecular weight excluding hydrogens is 426 g/mol. The van der Waals surface area contributed by atoms with E-state index in [-0.39, 0.29) is 0 Å². The molecule has 3 N–H and O–H groups in total. The molecule has 2 unspecified atom stereocenters. The van der Waals surface area contributed by atoms with Gasteiger partial charge in [-0.3, -0.25) is 4.98 Å². The number of nitrogens with zero attached hydrogens (tertiary/aromatic N) is 6. The summed E-state index contributed by atoms with van der Waals surface area (Å²) < 4.78 is 1.72. The number of pyridine rings is 3. The Kier molecular flexibility index (Phi) is 4.49. The van der Waals surface area contributed by atoms with E-state index in [1.54, 1.807) is 30.8 Å². The summed E-state index contributed by atoms with van der Waals surface area (Å²) in [6, 6.07) is 12.5. The number of nitrogens with two attached hydrogens (primary N) is 1. The Hall–Kier alpha value is -3.80. The van der Waals surface area contributed by atoms with Crippen LogP contribution in [0.25, 0.3) is 27.9 Å². The van der Waals surface area contributed by atoms with Crippen LogP contribution >= 0.6 is 0 Å². The number of piperidine rings is 1. The lowest BCUT2D eigenvalue weighted by Crippen LogP contribution is -2.28. The highest BCUT2D eigenvalue weighted by Crippen LogP contribution is 2.45. The van der Waals surface area contributed by atoms with Gasteiger partial charge in [0.2, 0.25) is 0 Å². The zero-order chi connectivity index (χ0) is 23.6. The minimum Gasteiger partial charge on any atom is -0.386 e. The number of rotatable bonds is 4.